The van der Waals surface area contributed by atoms with Crippen molar-refractivity contribution in [3.05, 3.63) is 17.1 Å². The van der Waals surface area contributed by atoms with Crippen molar-refractivity contribution in [3.8, 4) is 0 Å². The molecule has 2 rings (SSSR count). The van der Waals surface area contributed by atoms with Crippen LogP contribution in [0.15, 0.2) is 9.31 Å². The summed E-state index contributed by atoms with van der Waals surface area (Å²) in [5, 5.41) is 0. The van der Waals surface area contributed by atoms with Gasteiger partial charge in [-0.25, -0.2) is 13.2 Å². The van der Waals surface area contributed by atoms with E-state index < -0.39 is 16.0 Å². The summed E-state index contributed by atoms with van der Waals surface area (Å²) in [4.78, 5) is 11.9. The Kier molecular flexibility index (Phi) is 6.25. The summed E-state index contributed by atoms with van der Waals surface area (Å²) in [6.45, 7) is 5.71. The quantitative estimate of drug-likeness (QED) is 0.809. The number of halogens is 1. The Morgan fingerprint density at radius 1 is 1.39 bits per heavy atom. The zero-order valence-electron chi connectivity index (χ0n) is 13.7. The molecule has 1 aliphatic heterocycles. The molecule has 2 N–H and O–H groups in total. The first-order valence-electron chi connectivity index (χ1n) is 7.14. The zero-order chi connectivity index (χ0) is 16.7. The maximum atomic E-state index is 13.0. The number of hydrogen-bond acceptors (Lipinski definition) is 6. The molecule has 0 radical (unpaired) electrons. The lowest BCUT2D eigenvalue weighted by Crippen LogP contribution is -2.35. The Morgan fingerprint density at radius 2 is 2.00 bits per heavy atom. The molecular formula is C14H23ClN2O5S. The zero-order valence-corrected chi connectivity index (χ0v) is 15.3. The molecule has 0 aliphatic carbocycles. The highest BCUT2D eigenvalue weighted by molar-refractivity contribution is 7.89. The highest BCUT2D eigenvalue weighted by Crippen LogP contribution is 2.34. The van der Waals surface area contributed by atoms with Gasteiger partial charge < -0.3 is 14.9 Å². The summed E-state index contributed by atoms with van der Waals surface area (Å²) >= 11 is 0. The molecule has 1 fully saturated rings. The van der Waals surface area contributed by atoms with Gasteiger partial charge in [-0.05, 0) is 39.7 Å². The van der Waals surface area contributed by atoms with E-state index in [1.807, 2.05) is 6.92 Å². The van der Waals surface area contributed by atoms with Crippen LogP contribution in [0.1, 0.15) is 35.2 Å². The van der Waals surface area contributed by atoms with E-state index in [2.05, 4.69) is 0 Å². The molecule has 0 saturated carbocycles. The van der Waals surface area contributed by atoms with Gasteiger partial charge in [-0.1, -0.05) is 0 Å². The van der Waals surface area contributed by atoms with Crippen LogP contribution in [0.2, 0.25) is 0 Å². The summed E-state index contributed by atoms with van der Waals surface area (Å²) in [6.07, 6.45) is 0.708. The van der Waals surface area contributed by atoms with Crippen molar-refractivity contribution < 1.29 is 22.4 Å². The van der Waals surface area contributed by atoms with E-state index in [-0.39, 0.29) is 46.3 Å². The third-order valence-corrected chi connectivity index (χ3v) is 6.23. The van der Waals surface area contributed by atoms with Crippen LogP contribution in [0, 0.1) is 19.8 Å². The Labute approximate surface area is 142 Å². The lowest BCUT2D eigenvalue weighted by Gasteiger charge is -2.21. The first-order valence-corrected chi connectivity index (χ1v) is 8.58. The third-order valence-electron chi connectivity index (χ3n) is 4.10. The number of ether oxygens (including phenoxy) is 1. The minimum atomic E-state index is -3.84. The number of furan rings is 1. The van der Waals surface area contributed by atoms with E-state index >= 15 is 0 Å². The van der Waals surface area contributed by atoms with Crippen molar-refractivity contribution in [3.63, 3.8) is 0 Å². The monoisotopic (exact) mass is 366 g/mol. The second-order valence-electron chi connectivity index (χ2n) is 5.67. The highest BCUT2D eigenvalue weighted by atomic mass is 35.5. The molecule has 0 spiro atoms. The average molecular weight is 367 g/mol. The van der Waals surface area contributed by atoms with Gasteiger partial charge in [0.25, 0.3) is 0 Å². The van der Waals surface area contributed by atoms with Gasteiger partial charge in [0, 0.05) is 12.6 Å². The van der Waals surface area contributed by atoms with E-state index in [9.17, 15) is 13.2 Å². The Hall–Kier alpha value is -1.09. The largest absolute Gasteiger partial charge is 0.465 e. The SMILES string of the molecule is COC(=O)c1c(C)oc(C)c1S(=O)(=O)N1CC(CN)CC1C.Cl. The second-order valence-corrected chi connectivity index (χ2v) is 7.50. The van der Waals surface area contributed by atoms with Crippen molar-refractivity contribution in [2.24, 2.45) is 11.7 Å². The fraction of sp³-hybridized carbons (Fsp3) is 0.643. The molecule has 1 saturated heterocycles. The number of rotatable bonds is 4. The van der Waals surface area contributed by atoms with Crippen molar-refractivity contribution in [1.82, 2.24) is 4.31 Å². The number of nitrogens with zero attached hydrogens (tertiary/aromatic N) is 1. The lowest BCUT2D eigenvalue weighted by atomic mass is 10.1. The lowest BCUT2D eigenvalue weighted by molar-refractivity contribution is 0.0594. The van der Waals surface area contributed by atoms with Gasteiger partial charge in [-0.15, -0.1) is 12.4 Å². The molecule has 1 aliphatic rings. The molecular weight excluding hydrogens is 344 g/mol. The van der Waals surface area contributed by atoms with E-state index in [1.54, 1.807) is 6.92 Å². The van der Waals surface area contributed by atoms with Crippen LogP contribution in [-0.2, 0) is 14.8 Å². The highest BCUT2D eigenvalue weighted by Gasteiger charge is 2.41. The van der Waals surface area contributed by atoms with E-state index in [0.717, 1.165) is 0 Å². The smallest absolute Gasteiger partial charge is 0.342 e. The van der Waals surface area contributed by atoms with Gasteiger partial charge in [0.2, 0.25) is 10.0 Å². The predicted molar refractivity (Wildman–Crippen MR) is 87.3 cm³/mol. The van der Waals surface area contributed by atoms with E-state index in [4.69, 9.17) is 14.9 Å². The molecule has 0 aromatic carbocycles. The van der Waals surface area contributed by atoms with Gasteiger partial charge >= 0.3 is 5.97 Å². The number of esters is 1. The molecule has 2 heterocycles. The van der Waals surface area contributed by atoms with E-state index in [1.165, 1.54) is 18.3 Å². The molecule has 1 aromatic heterocycles. The van der Waals surface area contributed by atoms with Crippen molar-refractivity contribution >= 4 is 28.4 Å². The predicted octanol–water partition coefficient (Wildman–Crippen LogP) is 1.46. The molecule has 132 valence electrons. The minimum Gasteiger partial charge on any atom is -0.465 e. The van der Waals surface area contributed by atoms with E-state index in [0.29, 0.717) is 19.5 Å². The number of carbonyl (C=O) groups is 1. The van der Waals surface area contributed by atoms with Crippen LogP contribution in [0.5, 0.6) is 0 Å². The summed E-state index contributed by atoms with van der Waals surface area (Å²) in [5.41, 5.74) is 5.64. The van der Waals surface area contributed by atoms with Gasteiger partial charge in [-0.2, -0.15) is 4.31 Å². The van der Waals surface area contributed by atoms with Crippen LogP contribution in [-0.4, -0.2) is 44.9 Å². The van der Waals surface area contributed by atoms with Crippen LogP contribution in [0.25, 0.3) is 0 Å². The van der Waals surface area contributed by atoms with Gasteiger partial charge in [-0.3, -0.25) is 0 Å². The third kappa shape index (κ3) is 3.40. The summed E-state index contributed by atoms with van der Waals surface area (Å²) in [7, 11) is -2.63. The number of hydrogen-bond donors (Lipinski definition) is 1. The maximum Gasteiger partial charge on any atom is 0.342 e. The number of carbonyl (C=O) groups excluding carboxylic acids is 1. The number of sulfonamides is 1. The van der Waals surface area contributed by atoms with Crippen LogP contribution < -0.4 is 5.73 Å². The number of methoxy groups -OCH3 is 1. The number of nitrogens with two attached hydrogens (primary N) is 1. The van der Waals surface area contributed by atoms with Crippen molar-refractivity contribution in [1.29, 1.82) is 0 Å². The molecule has 9 heteroatoms. The molecule has 0 amide bonds. The van der Waals surface area contributed by atoms with Gasteiger partial charge in [0.1, 0.15) is 22.0 Å². The topological polar surface area (TPSA) is 103 Å². The molecule has 2 unspecified atom stereocenters. The fourth-order valence-corrected chi connectivity index (χ4v) is 5.14. The Morgan fingerprint density at radius 3 is 2.48 bits per heavy atom. The molecule has 1 aromatic rings. The van der Waals surface area contributed by atoms with Crippen LogP contribution in [0.3, 0.4) is 0 Å². The first kappa shape index (κ1) is 20.0. The van der Waals surface area contributed by atoms with Gasteiger partial charge in [0.05, 0.1) is 7.11 Å². The van der Waals surface area contributed by atoms with Crippen LogP contribution >= 0.6 is 12.4 Å². The normalized spacial score (nSPS) is 22.0. The first-order chi connectivity index (χ1) is 10.2. The maximum absolute atomic E-state index is 13.0. The second kappa shape index (κ2) is 7.21. The molecule has 23 heavy (non-hydrogen) atoms. The molecule has 7 nitrogen and oxygen atoms in total. The fourth-order valence-electron chi connectivity index (χ4n) is 3.04. The van der Waals surface area contributed by atoms with Crippen LogP contribution in [0.4, 0.5) is 0 Å². The average Bonchev–Trinajstić information content (AvgIpc) is 2.98. The Balaban J connectivity index is 0.00000264. The summed E-state index contributed by atoms with van der Waals surface area (Å²) < 4.78 is 37.5. The van der Waals surface area contributed by atoms with Crippen molar-refractivity contribution in [2.45, 2.75) is 38.1 Å². The standard InChI is InChI=1S/C14H22N2O5S.ClH/c1-8-5-11(6-15)7-16(8)22(18,19)13-10(3)21-9(2)12(13)14(17)20-4;/h8,11H,5-7,15H2,1-4H3;1H. The number of aryl methyl sites for hydroxylation is 2. The van der Waals surface area contributed by atoms with Crippen molar-refractivity contribution in [2.75, 3.05) is 20.2 Å². The summed E-state index contributed by atoms with van der Waals surface area (Å²) in [6, 6.07) is -0.168. The minimum absolute atomic E-state index is 0. The van der Waals surface area contributed by atoms with Gasteiger partial charge in [0.15, 0.2) is 0 Å². The molecule has 0 bridgehead atoms. The molecule has 2 atom stereocenters. The Bertz CT molecular complexity index is 686. The summed E-state index contributed by atoms with van der Waals surface area (Å²) in [5.74, 6) is -0.152.